The molecule has 2 atom stereocenters. The van der Waals surface area contributed by atoms with Gasteiger partial charge in [0.2, 0.25) is 10.0 Å². The highest BCUT2D eigenvalue weighted by Crippen LogP contribution is 2.27. The van der Waals surface area contributed by atoms with E-state index in [4.69, 9.17) is 5.26 Å². The van der Waals surface area contributed by atoms with Crippen LogP contribution in [0, 0.1) is 17.2 Å². The molecule has 0 aromatic heterocycles. The fourth-order valence-corrected chi connectivity index (χ4v) is 4.88. The molecule has 2 aliphatic rings. The van der Waals surface area contributed by atoms with Gasteiger partial charge in [-0.2, -0.15) is 5.26 Å². The van der Waals surface area contributed by atoms with E-state index in [9.17, 15) is 8.42 Å². The average Bonchev–Trinajstić information content (AvgIpc) is 2.94. The van der Waals surface area contributed by atoms with Gasteiger partial charge in [-0.3, -0.25) is 0 Å². The lowest BCUT2D eigenvalue weighted by Gasteiger charge is -2.34. The number of nitrogens with zero attached hydrogens (tertiary/aromatic N) is 2. The van der Waals surface area contributed by atoms with E-state index in [1.54, 1.807) is 28.6 Å². The Labute approximate surface area is 125 Å². The molecule has 112 valence electrons. The second-order valence-electron chi connectivity index (χ2n) is 5.82. The number of rotatable bonds is 3. The van der Waals surface area contributed by atoms with Crippen molar-refractivity contribution in [2.45, 2.75) is 24.6 Å². The summed E-state index contributed by atoms with van der Waals surface area (Å²) in [5.41, 5.74) is 1.18. The zero-order valence-electron chi connectivity index (χ0n) is 11.8. The Hall–Kier alpha value is -1.42. The summed E-state index contributed by atoms with van der Waals surface area (Å²) in [7, 11) is -3.30. The zero-order chi connectivity index (χ0) is 14.9. The van der Waals surface area contributed by atoms with E-state index >= 15 is 0 Å². The predicted octanol–water partition coefficient (Wildman–Crippen LogP) is 1.07. The number of fused-ring (bicyclic) bond motifs is 1. The van der Waals surface area contributed by atoms with Gasteiger partial charge in [-0.15, -0.1) is 0 Å². The maximum absolute atomic E-state index is 12.6. The van der Waals surface area contributed by atoms with E-state index in [0.717, 1.165) is 19.4 Å². The molecular formula is C15H19N3O2S. The Morgan fingerprint density at radius 1 is 1.38 bits per heavy atom. The number of hydrogen-bond acceptors (Lipinski definition) is 4. The molecule has 3 rings (SSSR count). The zero-order valence-corrected chi connectivity index (χ0v) is 12.6. The van der Waals surface area contributed by atoms with Gasteiger partial charge in [0.15, 0.2) is 0 Å². The molecule has 2 fully saturated rings. The molecule has 2 heterocycles. The van der Waals surface area contributed by atoms with Crippen molar-refractivity contribution >= 4 is 10.0 Å². The predicted molar refractivity (Wildman–Crippen MR) is 79.9 cm³/mol. The number of piperidine rings is 1. The molecule has 0 radical (unpaired) electrons. The Morgan fingerprint density at radius 2 is 2.24 bits per heavy atom. The molecule has 5 nitrogen and oxygen atoms in total. The highest BCUT2D eigenvalue weighted by Gasteiger charge is 2.36. The molecule has 2 aliphatic heterocycles. The second kappa shape index (κ2) is 5.76. The molecule has 1 N–H and O–H groups in total. The largest absolute Gasteiger partial charge is 0.314 e. The van der Waals surface area contributed by atoms with Crippen molar-refractivity contribution in [3.63, 3.8) is 0 Å². The molecule has 21 heavy (non-hydrogen) atoms. The molecule has 0 amide bonds. The fourth-order valence-electron chi connectivity index (χ4n) is 3.30. The second-order valence-corrected chi connectivity index (χ2v) is 7.79. The van der Waals surface area contributed by atoms with Crippen LogP contribution in [-0.2, 0) is 15.8 Å². The van der Waals surface area contributed by atoms with Crippen molar-refractivity contribution in [3.8, 4) is 6.07 Å². The third-order valence-corrected chi connectivity index (χ3v) is 6.23. The van der Waals surface area contributed by atoms with E-state index in [1.807, 2.05) is 6.07 Å². The van der Waals surface area contributed by atoms with Crippen molar-refractivity contribution in [3.05, 3.63) is 35.4 Å². The van der Waals surface area contributed by atoms with Crippen molar-refractivity contribution in [1.82, 2.24) is 9.62 Å². The molecular weight excluding hydrogens is 286 g/mol. The van der Waals surface area contributed by atoms with Crippen LogP contribution < -0.4 is 5.32 Å². The SMILES string of the molecule is N#Cc1cccc(CS(=O)(=O)N2CCC3NCCC3C2)c1. The van der Waals surface area contributed by atoms with Crippen LogP contribution in [0.4, 0.5) is 0 Å². The van der Waals surface area contributed by atoms with Crippen LogP contribution in [0.3, 0.4) is 0 Å². The summed E-state index contributed by atoms with van der Waals surface area (Å²) in [5, 5.41) is 12.3. The van der Waals surface area contributed by atoms with E-state index in [0.29, 0.717) is 36.2 Å². The Kier molecular flexibility index (Phi) is 3.98. The van der Waals surface area contributed by atoms with Gasteiger partial charge in [0.25, 0.3) is 0 Å². The highest BCUT2D eigenvalue weighted by molar-refractivity contribution is 7.88. The number of nitriles is 1. The van der Waals surface area contributed by atoms with E-state index in [1.165, 1.54) is 0 Å². The van der Waals surface area contributed by atoms with Crippen molar-refractivity contribution in [1.29, 1.82) is 5.26 Å². The summed E-state index contributed by atoms with van der Waals surface area (Å²) in [6.07, 6.45) is 1.95. The van der Waals surface area contributed by atoms with Crippen LogP contribution in [0.5, 0.6) is 0 Å². The van der Waals surface area contributed by atoms with Crippen LogP contribution in [0.25, 0.3) is 0 Å². The lowest BCUT2D eigenvalue weighted by molar-refractivity contribution is 0.247. The summed E-state index contributed by atoms with van der Waals surface area (Å²) in [4.78, 5) is 0. The van der Waals surface area contributed by atoms with Gasteiger partial charge in [-0.05, 0) is 43.0 Å². The summed E-state index contributed by atoms with van der Waals surface area (Å²) < 4.78 is 26.8. The first-order valence-electron chi connectivity index (χ1n) is 7.29. The Bertz CT molecular complexity index is 666. The molecule has 2 saturated heterocycles. The monoisotopic (exact) mass is 305 g/mol. The van der Waals surface area contributed by atoms with Crippen molar-refractivity contribution in [2.24, 2.45) is 5.92 Å². The highest BCUT2D eigenvalue weighted by atomic mass is 32.2. The van der Waals surface area contributed by atoms with Gasteiger partial charge in [0.05, 0.1) is 17.4 Å². The smallest absolute Gasteiger partial charge is 0.218 e. The van der Waals surface area contributed by atoms with Gasteiger partial charge in [-0.1, -0.05) is 12.1 Å². The van der Waals surface area contributed by atoms with Crippen LogP contribution in [0.15, 0.2) is 24.3 Å². The first-order valence-corrected chi connectivity index (χ1v) is 8.90. The number of hydrogen-bond donors (Lipinski definition) is 1. The van der Waals surface area contributed by atoms with E-state index < -0.39 is 10.0 Å². The summed E-state index contributed by atoms with van der Waals surface area (Å²) in [5.74, 6) is 0.423. The minimum absolute atomic E-state index is 0.0205. The van der Waals surface area contributed by atoms with Gasteiger partial charge < -0.3 is 5.32 Å². The fraction of sp³-hybridized carbons (Fsp3) is 0.533. The van der Waals surface area contributed by atoms with Crippen LogP contribution in [-0.4, -0.2) is 38.4 Å². The number of nitrogens with one attached hydrogen (secondary N) is 1. The summed E-state index contributed by atoms with van der Waals surface area (Å²) >= 11 is 0. The number of benzene rings is 1. The average molecular weight is 305 g/mol. The molecule has 2 unspecified atom stereocenters. The van der Waals surface area contributed by atoms with Gasteiger partial charge >= 0.3 is 0 Å². The van der Waals surface area contributed by atoms with E-state index in [2.05, 4.69) is 5.32 Å². The minimum atomic E-state index is -3.30. The van der Waals surface area contributed by atoms with Crippen LogP contribution in [0.2, 0.25) is 0 Å². The molecule has 6 heteroatoms. The maximum Gasteiger partial charge on any atom is 0.218 e. The first-order chi connectivity index (χ1) is 10.1. The van der Waals surface area contributed by atoms with Gasteiger partial charge in [0.1, 0.15) is 0 Å². The molecule has 0 bridgehead atoms. The first kappa shape index (κ1) is 14.5. The molecule has 0 aliphatic carbocycles. The van der Waals surface area contributed by atoms with Crippen LogP contribution >= 0.6 is 0 Å². The minimum Gasteiger partial charge on any atom is -0.314 e. The third kappa shape index (κ3) is 3.10. The van der Waals surface area contributed by atoms with E-state index in [-0.39, 0.29) is 5.75 Å². The normalized spacial score (nSPS) is 26.2. The topological polar surface area (TPSA) is 73.2 Å². The lowest BCUT2D eigenvalue weighted by atomic mass is 9.95. The van der Waals surface area contributed by atoms with Crippen molar-refractivity contribution in [2.75, 3.05) is 19.6 Å². The van der Waals surface area contributed by atoms with Crippen LogP contribution in [0.1, 0.15) is 24.0 Å². The van der Waals surface area contributed by atoms with Crippen molar-refractivity contribution < 1.29 is 8.42 Å². The standard InChI is InChI=1S/C15H19N3O2S/c16-9-12-2-1-3-13(8-12)11-21(19,20)18-7-5-15-14(10-18)4-6-17-15/h1-3,8,14-15,17H,4-7,10-11H2. The van der Waals surface area contributed by atoms with Gasteiger partial charge in [0, 0.05) is 19.1 Å². The summed E-state index contributed by atoms with van der Waals surface area (Å²) in [6.45, 7) is 2.21. The lowest BCUT2D eigenvalue weighted by Crippen LogP contribution is -2.47. The number of sulfonamides is 1. The molecule has 0 saturated carbocycles. The summed E-state index contributed by atoms with van der Waals surface area (Å²) in [6, 6.07) is 9.37. The Balaban J connectivity index is 1.73. The quantitative estimate of drug-likeness (QED) is 0.906. The Morgan fingerprint density at radius 3 is 3.05 bits per heavy atom. The third-order valence-electron chi connectivity index (χ3n) is 4.42. The maximum atomic E-state index is 12.6. The van der Waals surface area contributed by atoms with Gasteiger partial charge in [-0.25, -0.2) is 12.7 Å². The molecule has 0 spiro atoms. The molecule has 1 aromatic rings. The molecule has 1 aromatic carbocycles.